The molecule has 0 unspecified atom stereocenters. The molecular formula is C10H20N2O4. The van der Waals surface area contributed by atoms with E-state index in [9.17, 15) is 9.59 Å². The molecule has 0 aromatic heterocycles. The third kappa shape index (κ3) is 4.48. The van der Waals surface area contributed by atoms with Crippen molar-refractivity contribution in [3.05, 3.63) is 0 Å². The zero-order chi connectivity index (χ0) is 12.7. The monoisotopic (exact) mass is 232 g/mol. The van der Waals surface area contributed by atoms with Gasteiger partial charge in [-0.1, -0.05) is 20.3 Å². The highest BCUT2D eigenvalue weighted by Gasteiger charge is 2.26. The quantitative estimate of drug-likeness (QED) is 0.606. The van der Waals surface area contributed by atoms with Crippen LogP contribution in [0.1, 0.15) is 20.3 Å². The van der Waals surface area contributed by atoms with Crippen molar-refractivity contribution in [2.75, 3.05) is 20.2 Å². The Bertz CT molecular complexity index is 245. The summed E-state index contributed by atoms with van der Waals surface area (Å²) in [4.78, 5) is 23.7. The fourth-order valence-electron chi connectivity index (χ4n) is 1.18. The third-order valence-electron chi connectivity index (χ3n) is 2.54. The maximum Gasteiger partial charge on any atom is 0.326 e. The molecule has 0 fully saturated rings. The van der Waals surface area contributed by atoms with Gasteiger partial charge in [-0.25, -0.2) is 9.59 Å². The molecule has 94 valence electrons. The summed E-state index contributed by atoms with van der Waals surface area (Å²) in [5.74, 6) is -1.18. The van der Waals surface area contributed by atoms with Crippen molar-refractivity contribution in [3.63, 3.8) is 0 Å². The highest BCUT2D eigenvalue weighted by Crippen LogP contribution is 2.08. The number of likely N-dealkylation sites (N-methyl/N-ethyl adjacent to an activating group) is 1. The Kier molecular flexibility index (Phi) is 6.48. The van der Waals surface area contributed by atoms with Crippen molar-refractivity contribution in [1.82, 2.24) is 10.2 Å². The van der Waals surface area contributed by atoms with Crippen LogP contribution in [0.4, 0.5) is 4.79 Å². The number of aliphatic carboxylic acids is 1. The van der Waals surface area contributed by atoms with Crippen molar-refractivity contribution in [2.45, 2.75) is 26.3 Å². The van der Waals surface area contributed by atoms with Crippen molar-refractivity contribution < 1.29 is 19.8 Å². The van der Waals surface area contributed by atoms with Gasteiger partial charge in [0.05, 0.1) is 6.61 Å². The summed E-state index contributed by atoms with van der Waals surface area (Å²) in [5, 5.41) is 20.0. The van der Waals surface area contributed by atoms with Crippen LogP contribution in [0.3, 0.4) is 0 Å². The number of carboxylic acids is 1. The lowest BCUT2D eigenvalue weighted by Gasteiger charge is -2.23. The van der Waals surface area contributed by atoms with E-state index >= 15 is 0 Å². The number of hydrogen-bond acceptors (Lipinski definition) is 3. The maximum absolute atomic E-state index is 11.5. The summed E-state index contributed by atoms with van der Waals surface area (Å²) in [6.07, 6.45) is 0.668. The molecule has 2 amide bonds. The molecule has 0 saturated carbocycles. The van der Waals surface area contributed by atoms with Crippen molar-refractivity contribution in [1.29, 1.82) is 0 Å². The Balaban J connectivity index is 4.40. The van der Waals surface area contributed by atoms with Crippen molar-refractivity contribution in [2.24, 2.45) is 5.92 Å². The summed E-state index contributed by atoms with van der Waals surface area (Å²) >= 11 is 0. The van der Waals surface area contributed by atoms with Gasteiger partial charge in [0.15, 0.2) is 0 Å². The standard InChI is InChI=1S/C10H20N2O4/c1-4-7(2)8(9(14)15)11-10(16)12(3)5-6-13/h7-8,13H,4-6H2,1-3H3,(H,11,16)(H,14,15)/t7-,8-/m0/s1. The third-order valence-corrected chi connectivity index (χ3v) is 2.54. The topological polar surface area (TPSA) is 89.9 Å². The number of aliphatic hydroxyl groups excluding tert-OH is 1. The van der Waals surface area contributed by atoms with Crippen molar-refractivity contribution in [3.8, 4) is 0 Å². The Morgan fingerprint density at radius 1 is 1.44 bits per heavy atom. The molecule has 0 aromatic rings. The van der Waals surface area contributed by atoms with E-state index in [1.165, 1.54) is 11.9 Å². The predicted octanol–water partition coefficient (Wildman–Crippen LogP) is 0.119. The van der Waals surface area contributed by atoms with E-state index in [1.807, 2.05) is 6.92 Å². The smallest absolute Gasteiger partial charge is 0.326 e. The first-order valence-electron chi connectivity index (χ1n) is 5.29. The van der Waals surface area contributed by atoms with E-state index in [0.717, 1.165) is 0 Å². The second-order valence-corrected chi connectivity index (χ2v) is 3.80. The largest absolute Gasteiger partial charge is 0.480 e. The molecule has 0 aromatic carbocycles. The number of hydrogen-bond donors (Lipinski definition) is 3. The molecule has 0 saturated heterocycles. The predicted molar refractivity (Wildman–Crippen MR) is 59.1 cm³/mol. The van der Waals surface area contributed by atoms with Gasteiger partial charge in [0.2, 0.25) is 0 Å². The zero-order valence-electron chi connectivity index (χ0n) is 9.93. The molecule has 2 atom stereocenters. The number of carbonyl (C=O) groups is 2. The molecule has 0 rings (SSSR count). The second-order valence-electron chi connectivity index (χ2n) is 3.80. The molecule has 0 radical (unpaired) electrons. The summed E-state index contributed by atoms with van der Waals surface area (Å²) in [6, 6.07) is -1.37. The minimum Gasteiger partial charge on any atom is -0.480 e. The number of carbonyl (C=O) groups excluding carboxylic acids is 1. The molecule has 0 aliphatic rings. The number of amides is 2. The summed E-state index contributed by atoms with van der Waals surface area (Å²) in [6.45, 7) is 3.67. The van der Waals surface area contributed by atoms with Gasteiger partial charge < -0.3 is 20.4 Å². The van der Waals surface area contributed by atoms with Gasteiger partial charge in [0.25, 0.3) is 0 Å². The molecular weight excluding hydrogens is 212 g/mol. The first-order valence-corrected chi connectivity index (χ1v) is 5.29. The number of carboxylic acid groups (broad SMARTS) is 1. The number of aliphatic hydroxyl groups is 1. The number of urea groups is 1. The molecule has 6 heteroatoms. The fraction of sp³-hybridized carbons (Fsp3) is 0.800. The van der Waals surface area contributed by atoms with Gasteiger partial charge in [0, 0.05) is 13.6 Å². The molecule has 0 aliphatic heterocycles. The van der Waals surface area contributed by atoms with Crippen LogP contribution < -0.4 is 5.32 Å². The van der Waals surface area contributed by atoms with Crippen LogP contribution in [-0.4, -0.2) is 53.4 Å². The van der Waals surface area contributed by atoms with Gasteiger partial charge in [-0.2, -0.15) is 0 Å². The van der Waals surface area contributed by atoms with Gasteiger partial charge in [-0.05, 0) is 5.92 Å². The lowest BCUT2D eigenvalue weighted by atomic mass is 9.99. The highest BCUT2D eigenvalue weighted by atomic mass is 16.4. The van der Waals surface area contributed by atoms with E-state index in [1.54, 1.807) is 6.92 Å². The molecule has 0 bridgehead atoms. The van der Waals surface area contributed by atoms with Crippen LogP contribution >= 0.6 is 0 Å². The molecule has 0 spiro atoms. The first-order chi connectivity index (χ1) is 7.43. The van der Waals surface area contributed by atoms with Crippen LogP contribution in [0.2, 0.25) is 0 Å². The van der Waals surface area contributed by atoms with E-state index in [-0.39, 0.29) is 19.1 Å². The second kappa shape index (κ2) is 7.05. The van der Waals surface area contributed by atoms with Gasteiger partial charge in [-0.15, -0.1) is 0 Å². The molecule has 3 N–H and O–H groups in total. The van der Waals surface area contributed by atoms with Crippen LogP contribution in [0.5, 0.6) is 0 Å². The Hall–Kier alpha value is -1.30. The van der Waals surface area contributed by atoms with Crippen molar-refractivity contribution >= 4 is 12.0 Å². The average Bonchev–Trinajstić information content (AvgIpc) is 2.24. The molecule has 0 heterocycles. The summed E-state index contributed by atoms with van der Waals surface area (Å²) in [7, 11) is 1.50. The molecule has 6 nitrogen and oxygen atoms in total. The van der Waals surface area contributed by atoms with E-state index < -0.39 is 18.0 Å². The summed E-state index contributed by atoms with van der Waals surface area (Å²) in [5.41, 5.74) is 0. The molecule has 0 aliphatic carbocycles. The van der Waals surface area contributed by atoms with Crippen LogP contribution in [0, 0.1) is 5.92 Å². The van der Waals surface area contributed by atoms with E-state index in [2.05, 4.69) is 5.32 Å². The van der Waals surface area contributed by atoms with Gasteiger partial charge in [-0.3, -0.25) is 0 Å². The van der Waals surface area contributed by atoms with Gasteiger partial charge in [0.1, 0.15) is 6.04 Å². The van der Waals surface area contributed by atoms with Crippen LogP contribution in [0.15, 0.2) is 0 Å². The Labute approximate surface area is 95.2 Å². The minimum atomic E-state index is -1.04. The van der Waals surface area contributed by atoms with Crippen LogP contribution in [-0.2, 0) is 4.79 Å². The SMILES string of the molecule is CC[C@H](C)[C@H](NC(=O)N(C)CCO)C(=O)O. The van der Waals surface area contributed by atoms with E-state index in [4.69, 9.17) is 10.2 Å². The number of nitrogens with one attached hydrogen (secondary N) is 1. The van der Waals surface area contributed by atoms with Gasteiger partial charge >= 0.3 is 12.0 Å². The number of nitrogens with zero attached hydrogens (tertiary/aromatic N) is 1. The zero-order valence-corrected chi connectivity index (χ0v) is 9.93. The van der Waals surface area contributed by atoms with E-state index in [0.29, 0.717) is 6.42 Å². The minimum absolute atomic E-state index is 0.135. The lowest BCUT2D eigenvalue weighted by Crippen LogP contribution is -2.50. The summed E-state index contributed by atoms with van der Waals surface area (Å²) < 4.78 is 0. The Morgan fingerprint density at radius 3 is 2.38 bits per heavy atom. The fourth-order valence-corrected chi connectivity index (χ4v) is 1.18. The lowest BCUT2D eigenvalue weighted by molar-refractivity contribution is -0.140. The average molecular weight is 232 g/mol. The van der Waals surface area contributed by atoms with Crippen LogP contribution in [0.25, 0.3) is 0 Å². The Morgan fingerprint density at radius 2 is 2.00 bits per heavy atom. The maximum atomic E-state index is 11.5. The number of rotatable bonds is 6. The normalized spacial score (nSPS) is 14.0. The molecule has 16 heavy (non-hydrogen) atoms. The highest BCUT2D eigenvalue weighted by molar-refractivity contribution is 5.82. The first kappa shape index (κ1) is 14.7.